The van der Waals surface area contributed by atoms with Crippen molar-refractivity contribution >= 4 is 28.7 Å². The maximum Gasteiger partial charge on any atom is 0.335 e. The fourth-order valence-corrected chi connectivity index (χ4v) is 4.04. The standard InChI is InChI=1S/C27H23N5O3/c1-31-24(17-22(30-31)18-7-3-2-4-8-18)29-25(33)15-16-32-23-10-6-5-9-21(23)28-26(32)19-11-13-20(14-12-19)27(34)35/h2-14,17H,15-16H2,1H3,(H,29,33)(H,34,35). The number of carbonyl (C=O) groups is 2. The van der Waals surface area contributed by atoms with E-state index in [1.54, 1.807) is 36.0 Å². The predicted molar refractivity (Wildman–Crippen MR) is 134 cm³/mol. The monoisotopic (exact) mass is 465 g/mol. The van der Waals surface area contributed by atoms with Gasteiger partial charge >= 0.3 is 5.97 Å². The summed E-state index contributed by atoms with van der Waals surface area (Å²) in [5, 5.41) is 16.7. The highest BCUT2D eigenvalue weighted by molar-refractivity contribution is 5.91. The quantitative estimate of drug-likeness (QED) is 0.358. The number of hydrogen-bond donors (Lipinski definition) is 2. The van der Waals surface area contributed by atoms with Gasteiger partial charge in [-0.15, -0.1) is 0 Å². The smallest absolute Gasteiger partial charge is 0.335 e. The minimum atomic E-state index is -0.979. The lowest BCUT2D eigenvalue weighted by molar-refractivity contribution is -0.116. The van der Waals surface area contributed by atoms with Crippen LogP contribution in [0.3, 0.4) is 0 Å². The van der Waals surface area contributed by atoms with Gasteiger partial charge in [-0.2, -0.15) is 5.10 Å². The van der Waals surface area contributed by atoms with Gasteiger partial charge < -0.3 is 15.0 Å². The van der Waals surface area contributed by atoms with Crippen LogP contribution in [0.15, 0.2) is 84.9 Å². The third-order valence-corrected chi connectivity index (χ3v) is 5.82. The second kappa shape index (κ2) is 9.26. The van der Waals surface area contributed by atoms with Crippen LogP contribution in [0.2, 0.25) is 0 Å². The topological polar surface area (TPSA) is 102 Å². The Morgan fingerprint density at radius 1 is 0.914 bits per heavy atom. The number of hydrogen-bond acceptors (Lipinski definition) is 4. The molecule has 0 fully saturated rings. The minimum Gasteiger partial charge on any atom is -0.478 e. The minimum absolute atomic E-state index is 0.141. The highest BCUT2D eigenvalue weighted by Gasteiger charge is 2.16. The predicted octanol–water partition coefficient (Wildman–Crippen LogP) is 4.83. The van der Waals surface area contributed by atoms with Gasteiger partial charge in [0.15, 0.2) is 0 Å². The number of aromatic nitrogens is 4. The third-order valence-electron chi connectivity index (χ3n) is 5.82. The number of carbonyl (C=O) groups excluding carboxylic acids is 1. The molecule has 0 spiro atoms. The molecule has 0 aliphatic carbocycles. The number of aromatic carboxylic acids is 1. The van der Waals surface area contributed by atoms with Gasteiger partial charge in [0.25, 0.3) is 0 Å². The molecule has 174 valence electrons. The van der Waals surface area contributed by atoms with Crippen LogP contribution in [0.5, 0.6) is 0 Å². The number of imidazole rings is 1. The first-order chi connectivity index (χ1) is 17.0. The Balaban J connectivity index is 1.36. The molecular formula is C27H23N5O3. The lowest BCUT2D eigenvalue weighted by Gasteiger charge is -2.10. The van der Waals surface area contributed by atoms with Gasteiger partial charge in [0.2, 0.25) is 5.91 Å². The van der Waals surface area contributed by atoms with Crippen molar-refractivity contribution in [2.24, 2.45) is 7.05 Å². The summed E-state index contributed by atoms with van der Waals surface area (Å²) in [5.41, 5.74) is 4.48. The molecule has 2 heterocycles. The molecule has 0 radical (unpaired) electrons. The summed E-state index contributed by atoms with van der Waals surface area (Å²) in [6.07, 6.45) is 0.229. The van der Waals surface area contributed by atoms with Crippen molar-refractivity contribution in [3.8, 4) is 22.6 Å². The van der Waals surface area contributed by atoms with Crippen molar-refractivity contribution in [2.75, 3.05) is 5.32 Å². The number of amides is 1. The van der Waals surface area contributed by atoms with Crippen LogP contribution in [-0.4, -0.2) is 36.3 Å². The number of para-hydroxylation sites is 2. The van der Waals surface area contributed by atoms with Crippen LogP contribution in [-0.2, 0) is 18.4 Å². The number of fused-ring (bicyclic) bond motifs is 1. The molecule has 5 aromatic rings. The molecule has 0 saturated heterocycles. The second-order valence-corrected chi connectivity index (χ2v) is 8.16. The molecule has 35 heavy (non-hydrogen) atoms. The summed E-state index contributed by atoms with van der Waals surface area (Å²) in [7, 11) is 1.80. The van der Waals surface area contributed by atoms with Crippen LogP contribution in [0, 0.1) is 0 Å². The molecule has 5 rings (SSSR count). The Kier molecular flexibility index (Phi) is 5.85. The zero-order valence-electron chi connectivity index (χ0n) is 19.0. The molecule has 0 saturated carbocycles. The van der Waals surface area contributed by atoms with E-state index in [0.717, 1.165) is 27.9 Å². The normalized spacial score (nSPS) is 11.0. The number of carboxylic acid groups (broad SMARTS) is 1. The van der Waals surface area contributed by atoms with Gasteiger partial charge in [0.1, 0.15) is 11.6 Å². The average molecular weight is 466 g/mol. The lowest BCUT2D eigenvalue weighted by atomic mass is 10.1. The molecule has 0 bridgehead atoms. The van der Waals surface area contributed by atoms with Crippen LogP contribution in [0.1, 0.15) is 16.8 Å². The van der Waals surface area contributed by atoms with Crippen molar-refractivity contribution in [1.29, 1.82) is 0 Å². The molecule has 3 aromatic carbocycles. The van der Waals surface area contributed by atoms with E-state index >= 15 is 0 Å². The van der Waals surface area contributed by atoms with E-state index in [1.807, 2.05) is 65.2 Å². The van der Waals surface area contributed by atoms with E-state index in [0.29, 0.717) is 18.2 Å². The van der Waals surface area contributed by atoms with E-state index in [2.05, 4.69) is 10.4 Å². The van der Waals surface area contributed by atoms with Gasteiger partial charge in [0.05, 0.1) is 22.3 Å². The van der Waals surface area contributed by atoms with E-state index in [9.17, 15) is 14.7 Å². The van der Waals surface area contributed by atoms with Gasteiger partial charge in [-0.05, 0) is 24.3 Å². The Bertz CT molecular complexity index is 1520. The van der Waals surface area contributed by atoms with Crippen LogP contribution >= 0.6 is 0 Å². The second-order valence-electron chi connectivity index (χ2n) is 8.16. The van der Waals surface area contributed by atoms with Crippen LogP contribution in [0.4, 0.5) is 5.82 Å². The van der Waals surface area contributed by atoms with Gasteiger partial charge in [-0.3, -0.25) is 9.48 Å². The highest BCUT2D eigenvalue weighted by atomic mass is 16.4. The molecule has 2 N–H and O–H groups in total. The lowest BCUT2D eigenvalue weighted by Crippen LogP contribution is -2.16. The SMILES string of the molecule is Cn1nc(-c2ccccc2)cc1NC(=O)CCn1c(-c2ccc(C(=O)O)cc2)nc2ccccc21. The summed E-state index contributed by atoms with van der Waals surface area (Å²) in [5.74, 6) is 0.182. The average Bonchev–Trinajstić information content (AvgIpc) is 3.43. The summed E-state index contributed by atoms with van der Waals surface area (Å²) >= 11 is 0. The number of carboxylic acids is 1. The number of nitrogens with zero attached hydrogens (tertiary/aromatic N) is 4. The third kappa shape index (κ3) is 4.54. The Morgan fingerprint density at radius 3 is 2.37 bits per heavy atom. The van der Waals surface area contributed by atoms with Gasteiger partial charge in [-0.25, -0.2) is 9.78 Å². The molecule has 8 heteroatoms. The summed E-state index contributed by atoms with van der Waals surface area (Å²) in [6, 6.07) is 26.0. The maximum atomic E-state index is 12.9. The Morgan fingerprint density at radius 2 is 1.63 bits per heavy atom. The van der Waals surface area contributed by atoms with Crippen LogP contribution in [0.25, 0.3) is 33.7 Å². The molecule has 8 nitrogen and oxygen atoms in total. The van der Waals surface area contributed by atoms with Crippen molar-refractivity contribution in [1.82, 2.24) is 19.3 Å². The van der Waals surface area contributed by atoms with E-state index in [1.165, 1.54) is 0 Å². The first kappa shape index (κ1) is 22.1. The first-order valence-corrected chi connectivity index (χ1v) is 11.2. The zero-order chi connectivity index (χ0) is 24.4. The number of nitrogens with one attached hydrogen (secondary N) is 1. The Labute approximate surface area is 201 Å². The summed E-state index contributed by atoms with van der Waals surface area (Å²) in [6.45, 7) is 0.408. The molecule has 0 aliphatic rings. The number of anilines is 1. The fraction of sp³-hybridized carbons (Fsp3) is 0.111. The molecular weight excluding hydrogens is 442 g/mol. The van der Waals surface area contributed by atoms with Crippen LogP contribution < -0.4 is 5.32 Å². The molecule has 0 atom stereocenters. The van der Waals surface area contributed by atoms with E-state index in [4.69, 9.17) is 4.98 Å². The number of aryl methyl sites for hydroxylation is 2. The van der Waals surface area contributed by atoms with Crippen molar-refractivity contribution < 1.29 is 14.7 Å². The van der Waals surface area contributed by atoms with Crippen molar-refractivity contribution in [2.45, 2.75) is 13.0 Å². The Hall–Kier alpha value is -4.72. The maximum absolute atomic E-state index is 12.9. The van der Waals surface area contributed by atoms with Gasteiger partial charge in [0, 0.05) is 37.2 Å². The molecule has 0 unspecified atom stereocenters. The van der Waals surface area contributed by atoms with Crippen molar-refractivity contribution in [3.05, 3.63) is 90.5 Å². The molecule has 0 aliphatic heterocycles. The van der Waals surface area contributed by atoms with E-state index in [-0.39, 0.29) is 17.9 Å². The largest absolute Gasteiger partial charge is 0.478 e. The van der Waals surface area contributed by atoms with Gasteiger partial charge in [-0.1, -0.05) is 54.6 Å². The molecule has 2 aromatic heterocycles. The number of rotatable bonds is 7. The van der Waals surface area contributed by atoms with Crippen molar-refractivity contribution in [3.63, 3.8) is 0 Å². The highest BCUT2D eigenvalue weighted by Crippen LogP contribution is 2.26. The number of benzene rings is 3. The fourth-order valence-electron chi connectivity index (χ4n) is 4.04. The zero-order valence-corrected chi connectivity index (χ0v) is 19.0. The summed E-state index contributed by atoms with van der Waals surface area (Å²) in [4.78, 5) is 28.8. The first-order valence-electron chi connectivity index (χ1n) is 11.2. The molecule has 1 amide bonds. The summed E-state index contributed by atoms with van der Waals surface area (Å²) < 4.78 is 3.64. The van der Waals surface area contributed by atoms with E-state index < -0.39 is 5.97 Å².